The van der Waals surface area contributed by atoms with Gasteiger partial charge in [0, 0.05) is 12.1 Å². The average molecular weight is 230 g/mol. The number of hydrogen-bond donors (Lipinski definition) is 1. The third-order valence-corrected chi connectivity index (χ3v) is 2.88. The monoisotopic (exact) mass is 230 g/mol. The highest BCUT2D eigenvalue weighted by molar-refractivity contribution is 5.34. The summed E-state index contributed by atoms with van der Waals surface area (Å²) < 4.78 is 0. The molecule has 0 aliphatic carbocycles. The zero-order valence-electron chi connectivity index (χ0n) is 11.2. The van der Waals surface area contributed by atoms with Crippen LogP contribution in [0.15, 0.2) is 24.3 Å². The molecule has 2 unspecified atom stereocenters. The Hall–Kier alpha value is -1.33. The van der Waals surface area contributed by atoms with Crippen LogP contribution in [-0.2, 0) is 0 Å². The van der Waals surface area contributed by atoms with Crippen molar-refractivity contribution >= 4 is 0 Å². The van der Waals surface area contributed by atoms with Crippen molar-refractivity contribution in [1.29, 1.82) is 5.26 Å². The summed E-state index contributed by atoms with van der Waals surface area (Å²) in [5.74, 6) is 0.704. The summed E-state index contributed by atoms with van der Waals surface area (Å²) in [5, 5.41) is 12.4. The number of hydrogen-bond acceptors (Lipinski definition) is 2. The Morgan fingerprint density at radius 3 is 2.53 bits per heavy atom. The van der Waals surface area contributed by atoms with Gasteiger partial charge in [0.2, 0.25) is 0 Å². The zero-order valence-corrected chi connectivity index (χ0v) is 11.2. The summed E-state index contributed by atoms with van der Waals surface area (Å²) in [6.07, 6.45) is 1.17. The highest BCUT2D eigenvalue weighted by Crippen LogP contribution is 2.16. The third-order valence-electron chi connectivity index (χ3n) is 2.88. The summed E-state index contributed by atoms with van der Waals surface area (Å²) in [7, 11) is 0. The SMILES string of the molecule is CC(C)CC(C)NC(C)c1cccc(C#N)c1. The Labute approximate surface area is 105 Å². The highest BCUT2D eigenvalue weighted by atomic mass is 14.9. The Morgan fingerprint density at radius 2 is 1.94 bits per heavy atom. The van der Waals surface area contributed by atoms with Crippen LogP contribution in [0.3, 0.4) is 0 Å². The molecule has 0 amide bonds. The maximum absolute atomic E-state index is 8.87. The molecule has 2 heteroatoms. The van der Waals surface area contributed by atoms with Gasteiger partial charge in [-0.2, -0.15) is 5.26 Å². The second-order valence-corrected chi connectivity index (χ2v) is 5.16. The van der Waals surface area contributed by atoms with E-state index in [9.17, 15) is 0 Å². The van der Waals surface area contributed by atoms with E-state index in [0.717, 1.165) is 5.56 Å². The van der Waals surface area contributed by atoms with E-state index in [-0.39, 0.29) is 6.04 Å². The summed E-state index contributed by atoms with van der Waals surface area (Å²) in [4.78, 5) is 0. The quantitative estimate of drug-likeness (QED) is 0.838. The van der Waals surface area contributed by atoms with Crippen LogP contribution in [0, 0.1) is 17.2 Å². The van der Waals surface area contributed by atoms with Crippen LogP contribution in [-0.4, -0.2) is 6.04 Å². The topological polar surface area (TPSA) is 35.8 Å². The normalized spacial score (nSPS) is 14.4. The van der Waals surface area contributed by atoms with Gasteiger partial charge in [0.25, 0.3) is 0 Å². The number of benzene rings is 1. The molecule has 0 bridgehead atoms. The number of nitriles is 1. The first-order valence-electron chi connectivity index (χ1n) is 6.29. The van der Waals surface area contributed by atoms with Crippen LogP contribution in [0.1, 0.15) is 51.3 Å². The predicted molar refractivity (Wildman–Crippen MR) is 71.6 cm³/mol. The molecule has 1 aromatic carbocycles. The molecule has 1 N–H and O–H groups in total. The van der Waals surface area contributed by atoms with E-state index < -0.39 is 0 Å². The van der Waals surface area contributed by atoms with E-state index in [4.69, 9.17) is 5.26 Å². The van der Waals surface area contributed by atoms with Gasteiger partial charge in [0.1, 0.15) is 0 Å². The van der Waals surface area contributed by atoms with Gasteiger partial charge >= 0.3 is 0 Å². The predicted octanol–water partition coefficient (Wildman–Crippen LogP) is 3.64. The van der Waals surface area contributed by atoms with Gasteiger partial charge in [-0.15, -0.1) is 0 Å². The molecule has 0 aliphatic rings. The first-order valence-corrected chi connectivity index (χ1v) is 6.29. The number of rotatable bonds is 5. The molecule has 0 aromatic heterocycles. The van der Waals surface area contributed by atoms with Crippen LogP contribution in [0.4, 0.5) is 0 Å². The van der Waals surface area contributed by atoms with Crippen LogP contribution in [0.5, 0.6) is 0 Å². The Bertz CT molecular complexity index is 390. The molecule has 1 aromatic rings. The summed E-state index contributed by atoms with van der Waals surface area (Å²) in [6, 6.07) is 10.8. The fourth-order valence-electron chi connectivity index (χ4n) is 2.18. The lowest BCUT2D eigenvalue weighted by atomic mass is 10.0. The molecular weight excluding hydrogens is 208 g/mol. The van der Waals surface area contributed by atoms with Crippen molar-refractivity contribution in [3.05, 3.63) is 35.4 Å². The minimum Gasteiger partial charge on any atom is -0.308 e. The molecular formula is C15H22N2. The van der Waals surface area contributed by atoms with Crippen molar-refractivity contribution in [2.24, 2.45) is 5.92 Å². The van der Waals surface area contributed by atoms with Crippen LogP contribution >= 0.6 is 0 Å². The molecule has 0 fully saturated rings. The Kier molecular flexibility index (Phi) is 5.18. The second kappa shape index (κ2) is 6.42. The standard InChI is InChI=1S/C15H22N2/c1-11(2)8-12(3)17-13(4)15-7-5-6-14(9-15)10-16/h5-7,9,11-13,17H,8H2,1-4H3. The highest BCUT2D eigenvalue weighted by Gasteiger charge is 2.10. The molecule has 0 aliphatic heterocycles. The molecule has 2 atom stereocenters. The fourth-order valence-corrected chi connectivity index (χ4v) is 2.18. The van der Waals surface area contributed by atoms with Gasteiger partial charge in [-0.1, -0.05) is 26.0 Å². The summed E-state index contributed by atoms with van der Waals surface area (Å²) in [5.41, 5.74) is 1.91. The molecule has 0 radical (unpaired) electrons. The molecule has 17 heavy (non-hydrogen) atoms. The lowest BCUT2D eigenvalue weighted by molar-refractivity contribution is 0.407. The largest absolute Gasteiger partial charge is 0.308 e. The maximum Gasteiger partial charge on any atom is 0.0991 e. The Balaban J connectivity index is 2.63. The van der Waals surface area contributed by atoms with E-state index in [1.54, 1.807) is 0 Å². The minimum atomic E-state index is 0.289. The lowest BCUT2D eigenvalue weighted by Gasteiger charge is -2.21. The van der Waals surface area contributed by atoms with Gasteiger partial charge < -0.3 is 5.32 Å². The van der Waals surface area contributed by atoms with Gasteiger partial charge in [-0.05, 0) is 43.9 Å². The van der Waals surface area contributed by atoms with E-state index in [1.807, 2.05) is 18.2 Å². The van der Waals surface area contributed by atoms with Crippen molar-refractivity contribution in [1.82, 2.24) is 5.32 Å². The van der Waals surface area contributed by atoms with Crippen molar-refractivity contribution in [3.63, 3.8) is 0 Å². The maximum atomic E-state index is 8.87. The number of nitrogens with zero attached hydrogens (tertiary/aromatic N) is 1. The first-order chi connectivity index (χ1) is 8.02. The lowest BCUT2D eigenvalue weighted by Crippen LogP contribution is -2.30. The molecule has 2 nitrogen and oxygen atoms in total. The fraction of sp³-hybridized carbons (Fsp3) is 0.533. The van der Waals surface area contributed by atoms with E-state index in [2.05, 4.69) is 45.1 Å². The third kappa shape index (κ3) is 4.58. The van der Waals surface area contributed by atoms with Gasteiger partial charge in [0.15, 0.2) is 0 Å². The molecule has 0 spiro atoms. The van der Waals surface area contributed by atoms with E-state index >= 15 is 0 Å². The van der Waals surface area contributed by atoms with Gasteiger partial charge in [0.05, 0.1) is 11.6 Å². The summed E-state index contributed by atoms with van der Waals surface area (Å²) >= 11 is 0. The van der Waals surface area contributed by atoms with Crippen LogP contribution < -0.4 is 5.32 Å². The average Bonchev–Trinajstić information content (AvgIpc) is 2.27. The summed E-state index contributed by atoms with van der Waals surface area (Å²) in [6.45, 7) is 8.83. The Morgan fingerprint density at radius 1 is 1.24 bits per heavy atom. The zero-order chi connectivity index (χ0) is 12.8. The van der Waals surface area contributed by atoms with E-state index in [0.29, 0.717) is 12.0 Å². The van der Waals surface area contributed by atoms with E-state index in [1.165, 1.54) is 12.0 Å². The minimum absolute atomic E-state index is 0.289. The van der Waals surface area contributed by atoms with Crippen molar-refractivity contribution in [2.75, 3.05) is 0 Å². The second-order valence-electron chi connectivity index (χ2n) is 5.16. The molecule has 0 saturated heterocycles. The molecule has 0 saturated carbocycles. The van der Waals surface area contributed by atoms with Crippen molar-refractivity contribution in [2.45, 2.75) is 46.2 Å². The van der Waals surface area contributed by atoms with Crippen molar-refractivity contribution in [3.8, 4) is 6.07 Å². The number of nitrogens with one attached hydrogen (secondary N) is 1. The smallest absolute Gasteiger partial charge is 0.0991 e. The van der Waals surface area contributed by atoms with Gasteiger partial charge in [-0.25, -0.2) is 0 Å². The molecule has 1 rings (SSSR count). The molecule has 0 heterocycles. The van der Waals surface area contributed by atoms with Crippen LogP contribution in [0.25, 0.3) is 0 Å². The first kappa shape index (κ1) is 13.7. The molecule has 92 valence electrons. The van der Waals surface area contributed by atoms with Crippen molar-refractivity contribution < 1.29 is 0 Å². The van der Waals surface area contributed by atoms with Gasteiger partial charge in [-0.3, -0.25) is 0 Å². The van der Waals surface area contributed by atoms with Crippen LogP contribution in [0.2, 0.25) is 0 Å².